The minimum absolute atomic E-state index is 0.121. The van der Waals surface area contributed by atoms with Crippen LogP contribution in [-0.4, -0.2) is 27.0 Å². The number of fused-ring (bicyclic) bond motifs is 1. The van der Waals surface area contributed by atoms with E-state index in [2.05, 4.69) is 15.3 Å². The molecule has 1 aliphatic rings. The van der Waals surface area contributed by atoms with Gasteiger partial charge in [-0.1, -0.05) is 30.3 Å². The summed E-state index contributed by atoms with van der Waals surface area (Å²) < 4.78 is 28.6. The first-order valence-electron chi connectivity index (χ1n) is 9.63. The highest BCUT2D eigenvalue weighted by atomic mass is 19.1. The Hall–Kier alpha value is -3.68. The van der Waals surface area contributed by atoms with Crippen LogP contribution in [0.15, 0.2) is 42.5 Å². The molecule has 31 heavy (non-hydrogen) atoms. The van der Waals surface area contributed by atoms with E-state index in [1.165, 1.54) is 6.07 Å². The number of carboxylic acids is 1. The highest BCUT2D eigenvalue weighted by Gasteiger charge is 2.30. The zero-order valence-electron chi connectivity index (χ0n) is 16.9. The molecule has 2 N–H and O–H groups in total. The second-order valence-corrected chi connectivity index (χ2v) is 7.90. The largest absolute Gasteiger partial charge is 0.481 e. The van der Waals surface area contributed by atoms with Crippen LogP contribution in [0.25, 0.3) is 11.4 Å². The molecular formula is C23H19F2N3O3. The Morgan fingerprint density at radius 1 is 1.06 bits per heavy atom. The van der Waals surface area contributed by atoms with Crippen LogP contribution in [0.4, 0.5) is 8.78 Å². The highest BCUT2D eigenvalue weighted by molar-refractivity contribution is 5.99. The SMILES string of the molecule is CC(C)(C(=O)O)c1ccc(Cc2nc(-c3c(F)cccc3F)nc3c2C(=O)NC3)cc1. The van der Waals surface area contributed by atoms with Crippen molar-refractivity contribution in [3.8, 4) is 11.4 Å². The Morgan fingerprint density at radius 3 is 2.32 bits per heavy atom. The fourth-order valence-electron chi connectivity index (χ4n) is 3.51. The van der Waals surface area contributed by atoms with Crippen molar-refractivity contribution >= 4 is 11.9 Å². The summed E-state index contributed by atoms with van der Waals surface area (Å²) in [6.45, 7) is 3.38. The topological polar surface area (TPSA) is 92.2 Å². The van der Waals surface area contributed by atoms with Crippen LogP contribution in [0.3, 0.4) is 0 Å². The number of nitrogens with zero attached hydrogens (tertiary/aromatic N) is 2. The predicted octanol–water partition coefficient (Wildman–Crippen LogP) is 3.62. The van der Waals surface area contributed by atoms with Gasteiger partial charge in [-0.15, -0.1) is 0 Å². The lowest BCUT2D eigenvalue weighted by Crippen LogP contribution is -2.28. The normalized spacial score (nSPS) is 13.1. The lowest BCUT2D eigenvalue weighted by atomic mass is 9.84. The van der Waals surface area contributed by atoms with Crippen molar-refractivity contribution in [3.05, 3.63) is 82.2 Å². The second kappa shape index (κ2) is 7.54. The summed E-state index contributed by atoms with van der Waals surface area (Å²) in [5.41, 5.74) is 1.04. The van der Waals surface area contributed by atoms with Gasteiger partial charge in [0.25, 0.3) is 5.91 Å². The summed E-state index contributed by atoms with van der Waals surface area (Å²) in [6, 6.07) is 10.4. The quantitative estimate of drug-likeness (QED) is 0.654. The Bertz CT molecular complexity index is 1190. The predicted molar refractivity (Wildman–Crippen MR) is 108 cm³/mol. The Labute approximate surface area is 177 Å². The molecule has 1 aromatic heterocycles. The maximum Gasteiger partial charge on any atom is 0.313 e. The Balaban J connectivity index is 1.76. The molecule has 4 rings (SSSR count). The van der Waals surface area contributed by atoms with E-state index >= 15 is 0 Å². The summed E-state index contributed by atoms with van der Waals surface area (Å²) in [4.78, 5) is 32.3. The van der Waals surface area contributed by atoms with Gasteiger partial charge in [0.2, 0.25) is 0 Å². The average molecular weight is 423 g/mol. The molecule has 0 bridgehead atoms. The number of nitrogens with one attached hydrogen (secondary N) is 1. The highest BCUT2D eigenvalue weighted by Crippen LogP contribution is 2.29. The molecule has 3 aromatic rings. The summed E-state index contributed by atoms with van der Waals surface area (Å²) in [5, 5.41) is 12.1. The van der Waals surface area contributed by atoms with Gasteiger partial charge in [0.1, 0.15) is 11.6 Å². The minimum atomic E-state index is -1.05. The van der Waals surface area contributed by atoms with E-state index in [0.717, 1.165) is 17.7 Å². The number of carboxylic acid groups (broad SMARTS) is 1. The van der Waals surface area contributed by atoms with Crippen LogP contribution in [0, 0.1) is 11.6 Å². The number of aromatic nitrogens is 2. The van der Waals surface area contributed by atoms with Gasteiger partial charge in [-0.2, -0.15) is 0 Å². The molecule has 158 valence electrons. The van der Waals surface area contributed by atoms with E-state index in [4.69, 9.17) is 0 Å². The number of halogens is 2. The van der Waals surface area contributed by atoms with Crippen molar-refractivity contribution in [1.82, 2.24) is 15.3 Å². The molecule has 0 atom stereocenters. The molecule has 0 saturated carbocycles. The van der Waals surface area contributed by atoms with E-state index in [9.17, 15) is 23.5 Å². The zero-order chi connectivity index (χ0) is 22.3. The van der Waals surface area contributed by atoms with Gasteiger partial charge >= 0.3 is 5.97 Å². The second-order valence-electron chi connectivity index (χ2n) is 7.90. The molecule has 6 nitrogen and oxygen atoms in total. The maximum atomic E-state index is 14.3. The molecule has 0 spiro atoms. The van der Waals surface area contributed by atoms with Gasteiger partial charge in [0, 0.05) is 6.42 Å². The zero-order valence-corrected chi connectivity index (χ0v) is 16.9. The van der Waals surface area contributed by atoms with E-state index in [-0.39, 0.29) is 30.3 Å². The van der Waals surface area contributed by atoms with Gasteiger partial charge in [-0.05, 0) is 37.1 Å². The Morgan fingerprint density at radius 2 is 1.71 bits per heavy atom. The summed E-state index contributed by atoms with van der Waals surface area (Å²) in [7, 11) is 0. The molecule has 8 heteroatoms. The molecule has 1 aliphatic heterocycles. The van der Waals surface area contributed by atoms with E-state index in [1.54, 1.807) is 38.1 Å². The van der Waals surface area contributed by atoms with Crippen molar-refractivity contribution in [2.45, 2.75) is 32.2 Å². The van der Waals surface area contributed by atoms with Crippen LogP contribution < -0.4 is 5.32 Å². The first-order chi connectivity index (χ1) is 14.7. The van der Waals surface area contributed by atoms with E-state index in [1.807, 2.05) is 0 Å². The molecule has 0 saturated heterocycles. The number of aliphatic carboxylic acids is 1. The van der Waals surface area contributed by atoms with Crippen molar-refractivity contribution in [2.75, 3.05) is 0 Å². The lowest BCUT2D eigenvalue weighted by Gasteiger charge is -2.20. The van der Waals surface area contributed by atoms with Crippen LogP contribution in [0.5, 0.6) is 0 Å². The summed E-state index contributed by atoms with van der Waals surface area (Å²) in [6.07, 6.45) is 0.217. The molecule has 0 radical (unpaired) electrons. The fraction of sp³-hybridized carbons (Fsp3) is 0.217. The van der Waals surface area contributed by atoms with Crippen LogP contribution >= 0.6 is 0 Å². The van der Waals surface area contributed by atoms with Crippen molar-refractivity contribution in [3.63, 3.8) is 0 Å². The van der Waals surface area contributed by atoms with E-state index < -0.39 is 23.0 Å². The van der Waals surface area contributed by atoms with Gasteiger partial charge in [0.15, 0.2) is 5.82 Å². The van der Waals surface area contributed by atoms with Crippen molar-refractivity contribution in [1.29, 1.82) is 0 Å². The van der Waals surface area contributed by atoms with Crippen LogP contribution in [0.1, 0.15) is 46.7 Å². The summed E-state index contributed by atoms with van der Waals surface area (Å²) >= 11 is 0. The molecule has 2 heterocycles. The molecule has 0 unspecified atom stereocenters. The minimum Gasteiger partial charge on any atom is -0.481 e. The maximum absolute atomic E-state index is 14.3. The van der Waals surface area contributed by atoms with E-state index in [0.29, 0.717) is 22.5 Å². The molecule has 2 aromatic carbocycles. The van der Waals surface area contributed by atoms with Crippen molar-refractivity contribution < 1.29 is 23.5 Å². The van der Waals surface area contributed by atoms with Gasteiger partial charge in [-0.3, -0.25) is 9.59 Å². The number of benzene rings is 2. The van der Waals surface area contributed by atoms with Gasteiger partial charge in [0.05, 0.1) is 34.5 Å². The van der Waals surface area contributed by atoms with Crippen molar-refractivity contribution in [2.24, 2.45) is 0 Å². The molecule has 0 fully saturated rings. The smallest absolute Gasteiger partial charge is 0.313 e. The number of amides is 1. The van der Waals surface area contributed by atoms with Gasteiger partial charge in [-0.25, -0.2) is 18.7 Å². The number of rotatable bonds is 5. The first kappa shape index (κ1) is 20.6. The van der Waals surface area contributed by atoms with Crippen LogP contribution in [-0.2, 0) is 23.2 Å². The lowest BCUT2D eigenvalue weighted by molar-refractivity contribution is -0.142. The monoisotopic (exact) mass is 423 g/mol. The number of hydrogen-bond donors (Lipinski definition) is 2. The standard InChI is InChI=1S/C23H19F2N3O3/c1-23(2,22(30)31)13-8-6-12(7-9-13)10-16-19-17(11-26-21(19)29)28-20(27-16)18-14(24)4-3-5-15(18)25/h3-9H,10-11H2,1-2H3,(H,26,29)(H,30,31). The third-order valence-electron chi connectivity index (χ3n) is 5.47. The number of hydrogen-bond acceptors (Lipinski definition) is 4. The first-order valence-corrected chi connectivity index (χ1v) is 9.63. The Kier molecular flexibility index (Phi) is 5.00. The number of carbonyl (C=O) groups excluding carboxylic acids is 1. The molecule has 1 amide bonds. The molecule has 0 aliphatic carbocycles. The van der Waals surface area contributed by atoms with Crippen LogP contribution in [0.2, 0.25) is 0 Å². The molecular weight excluding hydrogens is 404 g/mol. The summed E-state index contributed by atoms with van der Waals surface area (Å²) in [5.74, 6) is -2.98. The third-order valence-corrected chi connectivity index (χ3v) is 5.47. The third kappa shape index (κ3) is 3.65. The average Bonchev–Trinajstić information content (AvgIpc) is 3.09. The number of carbonyl (C=O) groups is 2. The fourth-order valence-corrected chi connectivity index (χ4v) is 3.51. The van der Waals surface area contributed by atoms with Gasteiger partial charge < -0.3 is 10.4 Å².